The Balaban J connectivity index is 1.98. The summed E-state index contributed by atoms with van der Waals surface area (Å²) in [5, 5.41) is 0. The third kappa shape index (κ3) is 2.19. The fourth-order valence-electron chi connectivity index (χ4n) is 3.38. The predicted octanol–water partition coefficient (Wildman–Crippen LogP) is 2.60. The maximum Gasteiger partial charge on any atom is 0.260 e. The van der Waals surface area contributed by atoms with Crippen molar-refractivity contribution in [3.8, 4) is 0 Å². The van der Waals surface area contributed by atoms with Gasteiger partial charge >= 0.3 is 0 Å². The van der Waals surface area contributed by atoms with Crippen LogP contribution >= 0.6 is 0 Å². The largest absolute Gasteiger partial charge is 0.294 e. The zero-order chi connectivity index (χ0) is 15.2. The minimum absolute atomic E-state index is 0.121. The average molecular weight is 285 g/mol. The summed E-state index contributed by atoms with van der Waals surface area (Å²) in [6, 6.07) is 5.19. The Labute approximate surface area is 124 Å². The highest BCUT2D eigenvalue weighted by Gasteiger charge is 2.37. The van der Waals surface area contributed by atoms with Gasteiger partial charge < -0.3 is 0 Å². The molecule has 1 fully saturated rings. The van der Waals surface area contributed by atoms with E-state index in [1.54, 1.807) is 18.2 Å². The number of rotatable bonds is 2. The van der Waals surface area contributed by atoms with Gasteiger partial charge in [-0.25, -0.2) is 0 Å². The van der Waals surface area contributed by atoms with Crippen LogP contribution in [0.5, 0.6) is 0 Å². The van der Waals surface area contributed by atoms with Gasteiger partial charge in [0.1, 0.15) is 0 Å². The van der Waals surface area contributed by atoms with Crippen molar-refractivity contribution in [2.45, 2.75) is 39.0 Å². The number of Topliss-reactive ketones (excluding diaryl/α,β-unsaturated/α-hetero) is 1. The molecule has 4 nitrogen and oxygen atoms in total. The molecule has 1 heterocycles. The summed E-state index contributed by atoms with van der Waals surface area (Å²) in [4.78, 5) is 37.7. The number of likely N-dealkylation sites (N-methyl/N-ethyl adjacent to an activating group) is 1. The number of amides is 2. The molecule has 2 amide bonds. The van der Waals surface area contributed by atoms with Gasteiger partial charge in [-0.1, -0.05) is 31.9 Å². The number of benzene rings is 1. The number of carbonyl (C=O) groups excluding carboxylic acids is 3. The minimum atomic E-state index is -0.313. The highest BCUT2D eigenvalue weighted by Crippen LogP contribution is 2.40. The molecule has 0 N–H and O–H groups in total. The first-order valence-electron chi connectivity index (χ1n) is 7.41. The lowest BCUT2D eigenvalue weighted by Gasteiger charge is -2.25. The molecule has 3 rings (SSSR count). The van der Waals surface area contributed by atoms with E-state index in [4.69, 9.17) is 0 Å². The van der Waals surface area contributed by atoms with Crippen LogP contribution in [0.25, 0.3) is 0 Å². The van der Waals surface area contributed by atoms with Gasteiger partial charge in [-0.05, 0) is 24.5 Å². The quantitative estimate of drug-likeness (QED) is 0.620. The number of ketones is 1. The molecule has 21 heavy (non-hydrogen) atoms. The van der Waals surface area contributed by atoms with Crippen LogP contribution in [0.1, 0.15) is 58.9 Å². The van der Waals surface area contributed by atoms with Crippen LogP contribution in [-0.2, 0) is 11.2 Å². The smallest absolute Gasteiger partial charge is 0.260 e. The first kappa shape index (κ1) is 14.0. The molecule has 0 unspecified atom stereocenters. The molecule has 0 spiro atoms. The Kier molecular flexibility index (Phi) is 3.19. The Morgan fingerprint density at radius 3 is 2.52 bits per heavy atom. The molecule has 1 aliphatic carbocycles. The Bertz CT molecular complexity index is 641. The third-order valence-electron chi connectivity index (χ3n) is 4.88. The Morgan fingerprint density at radius 2 is 1.86 bits per heavy atom. The molecule has 2 aliphatic rings. The number of hydrogen-bond donors (Lipinski definition) is 0. The zero-order valence-corrected chi connectivity index (χ0v) is 12.4. The van der Waals surface area contributed by atoms with Crippen LogP contribution in [0.2, 0.25) is 0 Å². The molecule has 0 aromatic heterocycles. The third-order valence-corrected chi connectivity index (χ3v) is 4.88. The minimum Gasteiger partial charge on any atom is -0.294 e. The van der Waals surface area contributed by atoms with Gasteiger partial charge in [0.05, 0.1) is 6.42 Å². The molecule has 1 aromatic rings. The second kappa shape index (κ2) is 4.79. The van der Waals surface area contributed by atoms with Gasteiger partial charge in [0.25, 0.3) is 5.91 Å². The molecule has 0 radical (unpaired) electrons. The predicted molar refractivity (Wildman–Crippen MR) is 78.2 cm³/mol. The summed E-state index contributed by atoms with van der Waals surface area (Å²) >= 11 is 0. The number of fused-ring (bicyclic) bond motifs is 1. The van der Waals surface area contributed by atoms with Crippen LogP contribution in [-0.4, -0.2) is 29.5 Å². The molecule has 1 saturated carbocycles. The van der Waals surface area contributed by atoms with Gasteiger partial charge in [0, 0.05) is 23.6 Å². The fourth-order valence-corrected chi connectivity index (χ4v) is 3.38. The highest BCUT2D eigenvalue weighted by molar-refractivity contribution is 6.11. The van der Waals surface area contributed by atoms with E-state index in [0.717, 1.165) is 36.1 Å². The molecular formula is C17H19NO3. The zero-order valence-electron chi connectivity index (χ0n) is 12.4. The monoisotopic (exact) mass is 285 g/mol. The van der Waals surface area contributed by atoms with Crippen molar-refractivity contribution in [1.82, 2.24) is 4.90 Å². The van der Waals surface area contributed by atoms with Crippen molar-refractivity contribution >= 4 is 17.6 Å². The number of carbonyl (C=O) groups is 3. The number of hydrogen-bond acceptors (Lipinski definition) is 3. The maximum atomic E-state index is 12.7. The lowest BCUT2D eigenvalue weighted by molar-refractivity contribution is -0.127. The van der Waals surface area contributed by atoms with Crippen LogP contribution in [0, 0.1) is 5.41 Å². The van der Waals surface area contributed by atoms with E-state index in [2.05, 4.69) is 0 Å². The number of imide groups is 1. The summed E-state index contributed by atoms with van der Waals surface area (Å²) in [5.74, 6) is -0.392. The van der Waals surface area contributed by atoms with E-state index < -0.39 is 0 Å². The maximum absolute atomic E-state index is 12.7. The van der Waals surface area contributed by atoms with Crippen LogP contribution < -0.4 is 0 Å². The molecule has 0 bridgehead atoms. The van der Waals surface area contributed by atoms with Crippen LogP contribution in [0.4, 0.5) is 0 Å². The van der Waals surface area contributed by atoms with Crippen molar-refractivity contribution in [1.29, 1.82) is 0 Å². The first-order chi connectivity index (χ1) is 9.92. The molecule has 1 aliphatic heterocycles. The number of nitrogens with zero attached hydrogens (tertiary/aromatic N) is 1. The van der Waals surface area contributed by atoms with Crippen molar-refractivity contribution < 1.29 is 14.4 Å². The molecule has 0 atom stereocenters. The van der Waals surface area contributed by atoms with E-state index in [-0.39, 0.29) is 29.4 Å². The normalized spacial score (nSPS) is 20.6. The van der Waals surface area contributed by atoms with Gasteiger partial charge in [0.2, 0.25) is 5.91 Å². The highest BCUT2D eigenvalue weighted by atomic mass is 16.2. The van der Waals surface area contributed by atoms with Crippen LogP contribution in [0.3, 0.4) is 0 Å². The van der Waals surface area contributed by atoms with Crippen LogP contribution in [0.15, 0.2) is 18.2 Å². The molecule has 1 aromatic carbocycles. The van der Waals surface area contributed by atoms with Gasteiger partial charge in [0.15, 0.2) is 5.78 Å². The fraction of sp³-hybridized carbons (Fsp3) is 0.471. The van der Waals surface area contributed by atoms with Gasteiger partial charge in [-0.2, -0.15) is 0 Å². The second-order valence-corrected chi connectivity index (χ2v) is 6.40. The summed E-state index contributed by atoms with van der Waals surface area (Å²) in [5.41, 5.74) is 1.50. The van der Waals surface area contributed by atoms with E-state index in [0.29, 0.717) is 11.1 Å². The Hall–Kier alpha value is -1.97. The molecule has 0 saturated heterocycles. The molecular weight excluding hydrogens is 266 g/mol. The summed E-state index contributed by atoms with van der Waals surface area (Å²) in [6.45, 7) is 2.01. The average Bonchev–Trinajstić information content (AvgIpc) is 2.92. The second-order valence-electron chi connectivity index (χ2n) is 6.40. The summed E-state index contributed by atoms with van der Waals surface area (Å²) in [6.07, 6.45) is 4.22. The summed E-state index contributed by atoms with van der Waals surface area (Å²) in [7, 11) is 1.49. The summed E-state index contributed by atoms with van der Waals surface area (Å²) < 4.78 is 0. The SMILES string of the molecule is CN1C(=O)Cc2ccc(C(=O)C3(C)CCCC3)cc2C1=O. The van der Waals surface area contributed by atoms with E-state index in [1.165, 1.54) is 7.05 Å². The van der Waals surface area contributed by atoms with E-state index in [9.17, 15) is 14.4 Å². The lowest BCUT2D eigenvalue weighted by Crippen LogP contribution is -2.39. The van der Waals surface area contributed by atoms with Crippen molar-refractivity contribution in [3.05, 3.63) is 34.9 Å². The van der Waals surface area contributed by atoms with Crippen molar-refractivity contribution in [3.63, 3.8) is 0 Å². The molecule has 110 valence electrons. The van der Waals surface area contributed by atoms with Gasteiger partial charge in [-0.15, -0.1) is 0 Å². The Morgan fingerprint density at radius 1 is 1.19 bits per heavy atom. The van der Waals surface area contributed by atoms with Gasteiger partial charge in [-0.3, -0.25) is 19.3 Å². The standard InChI is InChI=1S/C17H19NO3/c1-17(7-3-4-8-17)15(20)12-6-5-11-10-14(19)18(2)16(21)13(11)9-12/h5-6,9H,3-4,7-8,10H2,1-2H3. The van der Waals surface area contributed by atoms with E-state index >= 15 is 0 Å². The topological polar surface area (TPSA) is 54.5 Å². The van der Waals surface area contributed by atoms with Crippen molar-refractivity contribution in [2.24, 2.45) is 5.41 Å². The lowest BCUT2D eigenvalue weighted by atomic mass is 9.80. The van der Waals surface area contributed by atoms with E-state index in [1.807, 2.05) is 6.92 Å². The van der Waals surface area contributed by atoms with Crippen molar-refractivity contribution in [2.75, 3.05) is 7.05 Å². The first-order valence-corrected chi connectivity index (χ1v) is 7.41. The molecule has 4 heteroatoms.